The molecule has 1 aliphatic heterocycles. The van der Waals surface area contributed by atoms with E-state index >= 15 is 0 Å². The van der Waals surface area contributed by atoms with E-state index in [4.69, 9.17) is 14.6 Å². The topological polar surface area (TPSA) is 105 Å². The number of anilines is 1. The first-order chi connectivity index (χ1) is 13.9. The van der Waals surface area contributed by atoms with Crippen LogP contribution in [0, 0.1) is 0 Å². The van der Waals surface area contributed by atoms with Crippen LogP contribution in [0.1, 0.15) is 22.3 Å². The van der Waals surface area contributed by atoms with E-state index in [-0.39, 0.29) is 30.3 Å². The van der Waals surface area contributed by atoms with E-state index in [1.807, 2.05) is 12.1 Å². The summed E-state index contributed by atoms with van der Waals surface area (Å²) < 4.78 is 10.5. The van der Waals surface area contributed by atoms with Crippen molar-refractivity contribution in [3.8, 4) is 11.5 Å². The van der Waals surface area contributed by atoms with Crippen LogP contribution in [-0.4, -0.2) is 54.6 Å². The molecule has 0 unspecified atom stereocenters. The average Bonchev–Trinajstić information content (AvgIpc) is 2.99. The highest BCUT2D eigenvalue weighted by Crippen LogP contribution is 2.28. The lowest BCUT2D eigenvalue weighted by Crippen LogP contribution is -2.36. The van der Waals surface area contributed by atoms with E-state index in [1.165, 1.54) is 17.0 Å². The third kappa shape index (κ3) is 4.48. The van der Waals surface area contributed by atoms with Gasteiger partial charge in [0, 0.05) is 12.2 Å². The minimum atomic E-state index is -1.02. The van der Waals surface area contributed by atoms with E-state index in [0.717, 1.165) is 5.56 Å². The molecule has 0 aliphatic carbocycles. The number of likely N-dealkylation sites (tertiary alicyclic amines) is 1. The number of ether oxygens (including phenoxy) is 2. The van der Waals surface area contributed by atoms with Crippen molar-refractivity contribution < 1.29 is 29.0 Å². The van der Waals surface area contributed by atoms with E-state index < -0.39 is 12.0 Å². The molecule has 2 N–H and O–H groups in total. The molecule has 0 saturated carbocycles. The molecule has 0 spiro atoms. The number of carbonyl (C=O) groups is 3. The van der Waals surface area contributed by atoms with Gasteiger partial charge in [-0.05, 0) is 48.4 Å². The second-order valence-electron chi connectivity index (χ2n) is 6.61. The van der Waals surface area contributed by atoms with Crippen LogP contribution in [0.2, 0.25) is 0 Å². The van der Waals surface area contributed by atoms with Gasteiger partial charge in [0.15, 0.2) is 11.5 Å². The molecule has 3 rings (SSSR count). The zero-order chi connectivity index (χ0) is 21.0. The summed E-state index contributed by atoms with van der Waals surface area (Å²) in [6, 6.07) is 10.9. The lowest BCUT2D eigenvalue weighted by molar-refractivity contribution is -0.138. The molecule has 0 bridgehead atoms. The minimum absolute atomic E-state index is 0.0610. The van der Waals surface area contributed by atoms with Crippen molar-refractivity contribution in [3.63, 3.8) is 0 Å². The predicted molar refractivity (Wildman–Crippen MR) is 105 cm³/mol. The number of carbonyl (C=O) groups excluding carboxylic acids is 2. The Kier molecular flexibility index (Phi) is 6.01. The van der Waals surface area contributed by atoms with E-state index in [2.05, 4.69) is 5.32 Å². The van der Waals surface area contributed by atoms with Crippen LogP contribution in [-0.2, 0) is 16.0 Å². The monoisotopic (exact) mass is 398 g/mol. The first-order valence-electron chi connectivity index (χ1n) is 9.08. The summed E-state index contributed by atoms with van der Waals surface area (Å²) >= 11 is 0. The molecule has 0 radical (unpaired) electrons. The molecule has 0 aromatic heterocycles. The van der Waals surface area contributed by atoms with Gasteiger partial charge in [-0.15, -0.1) is 0 Å². The fraction of sp³-hybridized carbons (Fsp3) is 0.286. The minimum Gasteiger partial charge on any atom is -0.493 e. The van der Waals surface area contributed by atoms with Crippen molar-refractivity contribution in [2.45, 2.75) is 18.9 Å². The third-order valence-corrected chi connectivity index (χ3v) is 4.79. The number of nitrogens with zero attached hydrogens (tertiary/aromatic N) is 1. The maximum absolute atomic E-state index is 12.6. The molecule has 1 heterocycles. The Bertz CT molecular complexity index is 925. The number of amides is 2. The van der Waals surface area contributed by atoms with Crippen LogP contribution in [0.15, 0.2) is 42.5 Å². The number of rotatable bonds is 8. The number of hydrogen-bond acceptors (Lipinski definition) is 6. The van der Waals surface area contributed by atoms with Gasteiger partial charge < -0.3 is 19.9 Å². The number of carboxylic acid groups (broad SMARTS) is 1. The first-order valence-corrected chi connectivity index (χ1v) is 9.08. The average molecular weight is 398 g/mol. The van der Waals surface area contributed by atoms with E-state index in [0.29, 0.717) is 23.6 Å². The summed E-state index contributed by atoms with van der Waals surface area (Å²) in [5, 5.41) is 12.0. The zero-order valence-electron chi connectivity index (χ0n) is 16.2. The quantitative estimate of drug-likeness (QED) is 0.657. The van der Waals surface area contributed by atoms with Gasteiger partial charge in [0.25, 0.3) is 5.91 Å². The summed E-state index contributed by atoms with van der Waals surface area (Å²) in [4.78, 5) is 37.1. The summed E-state index contributed by atoms with van der Waals surface area (Å²) in [6.07, 6.45) is 0.559. The van der Waals surface area contributed by atoms with Crippen LogP contribution >= 0.6 is 0 Å². The molecule has 8 nitrogen and oxygen atoms in total. The van der Waals surface area contributed by atoms with Crippen molar-refractivity contribution in [1.82, 2.24) is 4.90 Å². The third-order valence-electron chi connectivity index (χ3n) is 4.79. The standard InChI is InChI=1S/C21H22N2O6/c1-28-17-8-3-13(11-18(17)29-2)9-10-23-19(24)12-16(20(23)25)22-15-6-4-14(5-7-15)21(26)27/h3-8,11,16,22H,9-10,12H2,1-2H3,(H,26,27)/t16-/m1/s1. The molecule has 1 fully saturated rings. The summed E-state index contributed by atoms with van der Waals surface area (Å²) in [6.45, 7) is 0.267. The zero-order valence-corrected chi connectivity index (χ0v) is 16.2. The van der Waals surface area contributed by atoms with Crippen LogP contribution in [0.5, 0.6) is 11.5 Å². The van der Waals surface area contributed by atoms with Crippen LogP contribution < -0.4 is 14.8 Å². The number of nitrogens with one attached hydrogen (secondary N) is 1. The van der Waals surface area contributed by atoms with Gasteiger partial charge in [0.2, 0.25) is 5.91 Å². The largest absolute Gasteiger partial charge is 0.493 e. The highest BCUT2D eigenvalue weighted by Gasteiger charge is 2.38. The fourth-order valence-electron chi connectivity index (χ4n) is 3.22. The Morgan fingerprint density at radius 2 is 1.79 bits per heavy atom. The molecule has 1 aliphatic rings. The van der Waals surface area contributed by atoms with E-state index in [1.54, 1.807) is 32.4 Å². The van der Waals surface area contributed by atoms with Gasteiger partial charge in [0.1, 0.15) is 6.04 Å². The Labute approximate surface area is 168 Å². The Morgan fingerprint density at radius 3 is 2.41 bits per heavy atom. The number of hydrogen-bond donors (Lipinski definition) is 2. The van der Waals surface area contributed by atoms with Crippen molar-refractivity contribution in [2.75, 3.05) is 26.1 Å². The Balaban J connectivity index is 1.62. The number of carboxylic acids is 1. The van der Waals surface area contributed by atoms with Crippen LogP contribution in [0.25, 0.3) is 0 Å². The molecule has 152 valence electrons. The number of aromatic carboxylic acids is 1. The van der Waals surface area contributed by atoms with Gasteiger partial charge in [0.05, 0.1) is 26.2 Å². The van der Waals surface area contributed by atoms with Crippen molar-refractivity contribution >= 4 is 23.5 Å². The molecule has 29 heavy (non-hydrogen) atoms. The molecular formula is C21H22N2O6. The van der Waals surface area contributed by atoms with Crippen molar-refractivity contribution in [3.05, 3.63) is 53.6 Å². The fourth-order valence-corrected chi connectivity index (χ4v) is 3.22. The van der Waals surface area contributed by atoms with Gasteiger partial charge in [-0.2, -0.15) is 0 Å². The lowest BCUT2D eigenvalue weighted by Gasteiger charge is -2.16. The smallest absolute Gasteiger partial charge is 0.335 e. The molecule has 2 amide bonds. The molecule has 2 aromatic carbocycles. The molecule has 1 saturated heterocycles. The first kappa shape index (κ1) is 20.2. The molecular weight excluding hydrogens is 376 g/mol. The second-order valence-corrected chi connectivity index (χ2v) is 6.61. The highest BCUT2D eigenvalue weighted by molar-refractivity contribution is 6.06. The summed E-state index contributed by atoms with van der Waals surface area (Å²) in [7, 11) is 3.11. The van der Waals surface area contributed by atoms with Crippen LogP contribution in [0.3, 0.4) is 0 Å². The Morgan fingerprint density at radius 1 is 1.10 bits per heavy atom. The SMILES string of the molecule is COc1ccc(CCN2C(=O)C[C@@H](Nc3ccc(C(=O)O)cc3)C2=O)cc1OC. The van der Waals surface area contributed by atoms with Crippen molar-refractivity contribution in [2.24, 2.45) is 0 Å². The predicted octanol–water partition coefficient (Wildman–Crippen LogP) is 2.18. The lowest BCUT2D eigenvalue weighted by atomic mass is 10.1. The number of benzene rings is 2. The number of methoxy groups -OCH3 is 2. The van der Waals surface area contributed by atoms with Gasteiger partial charge in [-0.3, -0.25) is 14.5 Å². The Hall–Kier alpha value is -3.55. The summed E-state index contributed by atoms with van der Waals surface area (Å²) in [5.41, 5.74) is 1.66. The molecule has 8 heteroatoms. The van der Waals surface area contributed by atoms with Gasteiger partial charge >= 0.3 is 5.97 Å². The maximum Gasteiger partial charge on any atom is 0.335 e. The number of imide groups is 1. The molecule has 2 aromatic rings. The second kappa shape index (κ2) is 8.64. The maximum atomic E-state index is 12.6. The van der Waals surface area contributed by atoms with Crippen molar-refractivity contribution in [1.29, 1.82) is 0 Å². The van der Waals surface area contributed by atoms with Gasteiger partial charge in [-0.1, -0.05) is 6.07 Å². The molecule has 1 atom stereocenters. The highest BCUT2D eigenvalue weighted by atomic mass is 16.5. The normalized spacial score (nSPS) is 16.1. The van der Waals surface area contributed by atoms with E-state index in [9.17, 15) is 14.4 Å². The van der Waals surface area contributed by atoms with Gasteiger partial charge in [-0.25, -0.2) is 4.79 Å². The van der Waals surface area contributed by atoms with Crippen LogP contribution in [0.4, 0.5) is 5.69 Å². The summed E-state index contributed by atoms with van der Waals surface area (Å²) in [5.74, 6) is -0.353.